The number of benzene rings is 1. The number of rotatable bonds is 5. The van der Waals surface area contributed by atoms with Gasteiger partial charge in [0.1, 0.15) is 6.33 Å². The van der Waals surface area contributed by atoms with Crippen molar-refractivity contribution >= 4 is 34.5 Å². The molecule has 0 spiro atoms. The van der Waals surface area contributed by atoms with Gasteiger partial charge in [0.15, 0.2) is 23.0 Å². The van der Waals surface area contributed by atoms with Crippen molar-refractivity contribution in [2.24, 2.45) is 0 Å². The molecule has 9 nitrogen and oxygen atoms in total. The van der Waals surface area contributed by atoms with E-state index in [0.717, 1.165) is 10.9 Å². The van der Waals surface area contributed by atoms with Gasteiger partial charge in [0.25, 0.3) is 5.56 Å². The number of fused-ring (bicyclic) bond motifs is 1. The fraction of sp³-hybridized carbons (Fsp3) is 0.250. The Morgan fingerprint density at radius 1 is 1.27 bits per heavy atom. The topological polar surface area (TPSA) is 109 Å². The van der Waals surface area contributed by atoms with Crippen molar-refractivity contribution in [2.75, 3.05) is 6.61 Å². The Morgan fingerprint density at radius 2 is 1.96 bits per heavy atom. The predicted octanol–water partition coefficient (Wildman–Crippen LogP) is 1.32. The molecule has 0 unspecified atom stereocenters. The van der Waals surface area contributed by atoms with Gasteiger partial charge < -0.3 is 4.74 Å². The largest absolute Gasteiger partial charge is 0.464 e. The van der Waals surface area contributed by atoms with E-state index >= 15 is 0 Å². The third-order valence-electron chi connectivity index (χ3n) is 3.63. The molecule has 0 aliphatic heterocycles. The number of aromatic nitrogens is 5. The summed E-state index contributed by atoms with van der Waals surface area (Å²) in [6.45, 7) is 2.89. The summed E-state index contributed by atoms with van der Waals surface area (Å²) in [6, 6.07) is 5.30. The molecule has 0 N–H and O–H groups in total. The van der Waals surface area contributed by atoms with Crippen LogP contribution in [-0.4, -0.2) is 42.9 Å². The second-order valence-corrected chi connectivity index (χ2v) is 5.81. The van der Waals surface area contributed by atoms with Crippen molar-refractivity contribution in [3.63, 3.8) is 0 Å². The van der Waals surface area contributed by atoms with Gasteiger partial charge in [-0.05, 0) is 38.1 Å². The maximum Gasteiger partial charge on any atom is 0.337 e. The molecule has 1 atom stereocenters. The third-order valence-corrected chi connectivity index (χ3v) is 3.88. The zero-order valence-electron chi connectivity index (χ0n) is 13.9. The van der Waals surface area contributed by atoms with Gasteiger partial charge >= 0.3 is 5.97 Å². The summed E-state index contributed by atoms with van der Waals surface area (Å²) in [5.41, 5.74) is 0.0660. The van der Waals surface area contributed by atoms with E-state index < -0.39 is 23.4 Å². The Bertz CT molecular complexity index is 1040. The molecule has 0 saturated heterocycles. The molecular formula is C16H14ClN5O4. The summed E-state index contributed by atoms with van der Waals surface area (Å²) in [4.78, 5) is 40.8. The number of nitrogens with zero attached hydrogens (tertiary/aromatic N) is 5. The monoisotopic (exact) mass is 375 g/mol. The molecule has 0 bridgehead atoms. The van der Waals surface area contributed by atoms with E-state index in [1.807, 2.05) is 0 Å². The van der Waals surface area contributed by atoms with Crippen molar-refractivity contribution in [2.45, 2.75) is 19.9 Å². The quantitative estimate of drug-likeness (QED) is 0.488. The van der Waals surface area contributed by atoms with Crippen molar-refractivity contribution in [3.8, 4) is 5.69 Å². The highest BCUT2D eigenvalue weighted by atomic mass is 35.5. The lowest BCUT2D eigenvalue weighted by Crippen LogP contribution is -2.35. The van der Waals surface area contributed by atoms with Gasteiger partial charge in [-0.25, -0.2) is 9.78 Å². The molecule has 0 fully saturated rings. The van der Waals surface area contributed by atoms with E-state index in [2.05, 4.69) is 15.3 Å². The number of Topliss-reactive ketones (excluding diaryl/α,β-unsaturated/α-hetero) is 1. The Morgan fingerprint density at radius 3 is 2.58 bits per heavy atom. The van der Waals surface area contributed by atoms with Crippen LogP contribution in [0.1, 0.15) is 19.9 Å². The molecule has 0 radical (unpaired) electrons. The van der Waals surface area contributed by atoms with Crippen LogP contribution in [0, 0.1) is 0 Å². The van der Waals surface area contributed by atoms with E-state index in [0.29, 0.717) is 10.7 Å². The number of carbonyl (C=O) groups excluding carboxylic acids is 2. The maximum atomic E-state index is 12.7. The van der Waals surface area contributed by atoms with E-state index in [-0.39, 0.29) is 17.8 Å². The summed E-state index contributed by atoms with van der Waals surface area (Å²) in [6.07, 6.45) is 1.11. The molecule has 10 heteroatoms. The van der Waals surface area contributed by atoms with Crippen molar-refractivity contribution in [1.82, 2.24) is 24.5 Å². The zero-order chi connectivity index (χ0) is 18.8. The summed E-state index contributed by atoms with van der Waals surface area (Å²) in [7, 11) is 0. The van der Waals surface area contributed by atoms with E-state index in [4.69, 9.17) is 16.3 Å². The van der Waals surface area contributed by atoms with E-state index in [1.165, 1.54) is 11.6 Å². The second-order valence-electron chi connectivity index (χ2n) is 5.37. The SMILES string of the molecule is CCOC(=O)[C@H](C(C)=O)n1cnc2c(nnn2-c2ccc(Cl)cc2)c1=O. The van der Waals surface area contributed by atoms with Gasteiger partial charge in [-0.1, -0.05) is 16.8 Å². The first-order valence-corrected chi connectivity index (χ1v) is 8.07. The fourth-order valence-corrected chi connectivity index (χ4v) is 2.59. The van der Waals surface area contributed by atoms with Crippen LogP contribution in [0.5, 0.6) is 0 Å². The van der Waals surface area contributed by atoms with Gasteiger partial charge in [0.05, 0.1) is 12.3 Å². The van der Waals surface area contributed by atoms with E-state index in [1.54, 1.807) is 31.2 Å². The van der Waals surface area contributed by atoms with Gasteiger partial charge in [0.2, 0.25) is 0 Å². The molecule has 26 heavy (non-hydrogen) atoms. The predicted molar refractivity (Wildman–Crippen MR) is 92.3 cm³/mol. The van der Waals surface area contributed by atoms with Crippen LogP contribution in [0.15, 0.2) is 35.4 Å². The summed E-state index contributed by atoms with van der Waals surface area (Å²) < 4.78 is 7.14. The van der Waals surface area contributed by atoms with Crippen molar-refractivity contribution in [1.29, 1.82) is 0 Å². The molecular weight excluding hydrogens is 362 g/mol. The normalized spacial score (nSPS) is 12.1. The van der Waals surface area contributed by atoms with Crippen LogP contribution in [0.2, 0.25) is 5.02 Å². The number of carbonyl (C=O) groups is 2. The minimum Gasteiger partial charge on any atom is -0.464 e. The molecule has 0 aliphatic rings. The first kappa shape index (κ1) is 17.7. The lowest BCUT2D eigenvalue weighted by Gasteiger charge is -2.14. The lowest BCUT2D eigenvalue weighted by molar-refractivity contribution is -0.150. The molecule has 2 heterocycles. The minimum atomic E-state index is -1.42. The highest BCUT2D eigenvalue weighted by molar-refractivity contribution is 6.30. The number of esters is 1. The number of hydrogen-bond acceptors (Lipinski definition) is 7. The molecule has 0 saturated carbocycles. The first-order valence-electron chi connectivity index (χ1n) is 7.69. The summed E-state index contributed by atoms with van der Waals surface area (Å²) in [5.74, 6) is -1.37. The fourth-order valence-electron chi connectivity index (χ4n) is 2.46. The Hall–Kier alpha value is -3.07. The highest BCUT2D eigenvalue weighted by Gasteiger charge is 2.29. The molecule has 0 aliphatic carbocycles. The summed E-state index contributed by atoms with van der Waals surface area (Å²) >= 11 is 5.87. The molecule has 1 aromatic carbocycles. The van der Waals surface area contributed by atoms with Gasteiger partial charge in [-0.15, -0.1) is 5.10 Å². The Labute approximate surface area is 152 Å². The van der Waals surface area contributed by atoms with Crippen LogP contribution < -0.4 is 5.56 Å². The molecule has 3 aromatic rings. The number of hydrogen-bond donors (Lipinski definition) is 0. The van der Waals surface area contributed by atoms with Crippen LogP contribution in [0.3, 0.4) is 0 Å². The number of ketones is 1. The average molecular weight is 376 g/mol. The van der Waals surface area contributed by atoms with Crippen LogP contribution in [-0.2, 0) is 14.3 Å². The smallest absolute Gasteiger partial charge is 0.337 e. The van der Waals surface area contributed by atoms with Crippen LogP contribution in [0.25, 0.3) is 16.9 Å². The summed E-state index contributed by atoms with van der Waals surface area (Å²) in [5, 5.41) is 8.32. The minimum absolute atomic E-state index is 0.0713. The first-order chi connectivity index (χ1) is 12.4. The van der Waals surface area contributed by atoms with Crippen LogP contribution >= 0.6 is 11.6 Å². The number of halogens is 1. The van der Waals surface area contributed by atoms with Crippen LogP contribution in [0.4, 0.5) is 0 Å². The van der Waals surface area contributed by atoms with E-state index in [9.17, 15) is 14.4 Å². The van der Waals surface area contributed by atoms with Gasteiger partial charge in [-0.2, -0.15) is 4.68 Å². The molecule has 0 amide bonds. The van der Waals surface area contributed by atoms with Crippen molar-refractivity contribution in [3.05, 3.63) is 46.0 Å². The number of ether oxygens (including phenoxy) is 1. The Balaban J connectivity index is 2.13. The van der Waals surface area contributed by atoms with Gasteiger partial charge in [-0.3, -0.25) is 14.2 Å². The average Bonchev–Trinajstić information content (AvgIpc) is 3.03. The standard InChI is InChI=1S/C16H14ClN5O4/c1-3-26-16(25)13(9(2)23)21-8-18-14-12(15(21)24)19-20-22(14)11-6-4-10(17)5-7-11/h4-8,13H,3H2,1-2H3/t13-/m0/s1. The molecule has 3 rings (SSSR count). The van der Waals surface area contributed by atoms with Crippen molar-refractivity contribution < 1.29 is 14.3 Å². The Kier molecular flexibility index (Phi) is 4.81. The zero-order valence-corrected chi connectivity index (χ0v) is 14.7. The molecule has 2 aromatic heterocycles. The molecule has 134 valence electrons. The van der Waals surface area contributed by atoms with Gasteiger partial charge in [0, 0.05) is 5.02 Å². The highest BCUT2D eigenvalue weighted by Crippen LogP contribution is 2.16. The lowest BCUT2D eigenvalue weighted by atomic mass is 10.2. The third kappa shape index (κ3) is 3.08. The second kappa shape index (κ2) is 7.04. The maximum absolute atomic E-state index is 12.7.